The van der Waals surface area contributed by atoms with Gasteiger partial charge in [-0.1, -0.05) is 17.7 Å². The van der Waals surface area contributed by atoms with Crippen molar-refractivity contribution >= 4 is 28.9 Å². The fourth-order valence-electron chi connectivity index (χ4n) is 2.70. The molecule has 0 aliphatic heterocycles. The van der Waals surface area contributed by atoms with Gasteiger partial charge in [0.2, 0.25) is 0 Å². The number of nitrogens with one attached hydrogen (secondary N) is 1. The first-order valence-corrected chi connectivity index (χ1v) is 7.29. The molecule has 22 heavy (non-hydrogen) atoms. The SMILES string of the molecule is O=C(Nc1ccc2c(c1)CCC2)c1ccc(Cl)cc1[N+](=O)[O-]. The number of nitro benzene ring substituents is 1. The van der Waals surface area contributed by atoms with Gasteiger partial charge in [-0.25, -0.2) is 0 Å². The van der Waals surface area contributed by atoms with Gasteiger partial charge in [-0.05, 0) is 54.7 Å². The van der Waals surface area contributed by atoms with E-state index in [2.05, 4.69) is 5.32 Å². The monoisotopic (exact) mass is 316 g/mol. The van der Waals surface area contributed by atoms with Crippen molar-refractivity contribution in [3.05, 3.63) is 68.2 Å². The summed E-state index contributed by atoms with van der Waals surface area (Å²) in [4.78, 5) is 22.7. The van der Waals surface area contributed by atoms with E-state index in [9.17, 15) is 14.9 Å². The molecule has 3 rings (SSSR count). The zero-order valence-electron chi connectivity index (χ0n) is 11.6. The third kappa shape index (κ3) is 2.80. The van der Waals surface area contributed by atoms with Gasteiger partial charge in [0, 0.05) is 16.8 Å². The van der Waals surface area contributed by atoms with Crippen molar-refractivity contribution in [3.8, 4) is 0 Å². The normalized spacial score (nSPS) is 12.8. The van der Waals surface area contributed by atoms with Crippen molar-refractivity contribution < 1.29 is 9.72 Å². The lowest BCUT2D eigenvalue weighted by Crippen LogP contribution is -2.14. The van der Waals surface area contributed by atoms with E-state index in [-0.39, 0.29) is 16.3 Å². The average Bonchev–Trinajstić information content (AvgIpc) is 2.94. The van der Waals surface area contributed by atoms with Crippen LogP contribution in [0.15, 0.2) is 36.4 Å². The van der Waals surface area contributed by atoms with Crippen molar-refractivity contribution in [1.29, 1.82) is 0 Å². The predicted molar refractivity (Wildman–Crippen MR) is 84.5 cm³/mol. The van der Waals surface area contributed by atoms with Crippen LogP contribution in [0.25, 0.3) is 0 Å². The van der Waals surface area contributed by atoms with Gasteiger partial charge in [0.25, 0.3) is 11.6 Å². The van der Waals surface area contributed by atoms with E-state index in [1.54, 1.807) is 0 Å². The van der Waals surface area contributed by atoms with Crippen molar-refractivity contribution in [2.24, 2.45) is 0 Å². The maximum atomic E-state index is 12.3. The Bertz CT molecular complexity index is 774. The van der Waals surface area contributed by atoms with Crippen LogP contribution in [-0.4, -0.2) is 10.8 Å². The van der Waals surface area contributed by atoms with Crippen molar-refractivity contribution in [3.63, 3.8) is 0 Å². The summed E-state index contributed by atoms with van der Waals surface area (Å²) in [6, 6.07) is 9.76. The van der Waals surface area contributed by atoms with Crippen molar-refractivity contribution in [2.45, 2.75) is 19.3 Å². The Kier molecular flexibility index (Phi) is 3.81. The van der Waals surface area contributed by atoms with Gasteiger partial charge in [-0.15, -0.1) is 0 Å². The van der Waals surface area contributed by atoms with E-state index in [0.717, 1.165) is 19.3 Å². The van der Waals surface area contributed by atoms with Crippen LogP contribution in [0, 0.1) is 10.1 Å². The molecule has 1 amide bonds. The van der Waals surface area contributed by atoms with Gasteiger partial charge in [0.05, 0.1) is 4.92 Å². The van der Waals surface area contributed by atoms with Crippen LogP contribution >= 0.6 is 11.6 Å². The fourth-order valence-corrected chi connectivity index (χ4v) is 2.86. The highest BCUT2D eigenvalue weighted by Crippen LogP contribution is 2.27. The van der Waals surface area contributed by atoms with E-state index in [4.69, 9.17) is 11.6 Å². The standard InChI is InChI=1S/C16H13ClN2O3/c17-12-5-7-14(15(9-12)19(21)22)16(20)18-13-6-4-10-2-1-3-11(10)8-13/h4-9H,1-3H2,(H,18,20). The number of anilines is 1. The first-order chi connectivity index (χ1) is 10.5. The zero-order chi connectivity index (χ0) is 15.7. The molecule has 0 saturated carbocycles. The summed E-state index contributed by atoms with van der Waals surface area (Å²) in [6.07, 6.45) is 3.18. The van der Waals surface area contributed by atoms with E-state index in [1.807, 2.05) is 18.2 Å². The number of carbonyl (C=O) groups excluding carboxylic acids is 1. The first-order valence-electron chi connectivity index (χ1n) is 6.92. The largest absolute Gasteiger partial charge is 0.322 e. The topological polar surface area (TPSA) is 72.2 Å². The molecule has 0 radical (unpaired) electrons. The second-order valence-electron chi connectivity index (χ2n) is 5.21. The number of fused-ring (bicyclic) bond motifs is 1. The van der Waals surface area contributed by atoms with Gasteiger partial charge in [-0.3, -0.25) is 14.9 Å². The van der Waals surface area contributed by atoms with E-state index in [1.165, 1.54) is 29.3 Å². The van der Waals surface area contributed by atoms with Crippen LogP contribution in [0.3, 0.4) is 0 Å². The van der Waals surface area contributed by atoms with Gasteiger partial charge in [-0.2, -0.15) is 0 Å². The fraction of sp³-hybridized carbons (Fsp3) is 0.188. The Morgan fingerprint density at radius 2 is 1.91 bits per heavy atom. The minimum atomic E-state index is -0.608. The number of rotatable bonds is 3. The number of nitrogens with zero attached hydrogens (tertiary/aromatic N) is 1. The summed E-state index contributed by atoms with van der Waals surface area (Å²) < 4.78 is 0. The molecule has 0 spiro atoms. The van der Waals surface area contributed by atoms with Crippen LogP contribution in [0.1, 0.15) is 27.9 Å². The molecular weight excluding hydrogens is 304 g/mol. The number of halogens is 1. The second-order valence-corrected chi connectivity index (χ2v) is 5.65. The number of benzene rings is 2. The number of carbonyl (C=O) groups is 1. The molecule has 1 aliphatic carbocycles. The quantitative estimate of drug-likeness (QED) is 0.687. The molecule has 6 heteroatoms. The summed E-state index contributed by atoms with van der Waals surface area (Å²) in [6.45, 7) is 0. The number of aryl methyl sites for hydroxylation is 2. The lowest BCUT2D eigenvalue weighted by molar-refractivity contribution is -0.385. The minimum absolute atomic E-state index is 0.00472. The minimum Gasteiger partial charge on any atom is -0.322 e. The third-order valence-corrected chi connectivity index (χ3v) is 3.99. The number of amides is 1. The van der Waals surface area contributed by atoms with Gasteiger partial charge >= 0.3 is 0 Å². The Morgan fingerprint density at radius 1 is 1.14 bits per heavy atom. The summed E-state index contributed by atoms with van der Waals surface area (Å²) in [7, 11) is 0. The summed E-state index contributed by atoms with van der Waals surface area (Å²) in [5.41, 5.74) is 2.87. The lowest BCUT2D eigenvalue weighted by atomic mass is 10.1. The van der Waals surface area contributed by atoms with Gasteiger partial charge in [0.15, 0.2) is 0 Å². The average molecular weight is 317 g/mol. The molecule has 112 valence electrons. The molecule has 0 unspecified atom stereocenters. The molecule has 0 fully saturated rings. The molecule has 0 aromatic heterocycles. The van der Waals surface area contributed by atoms with E-state index >= 15 is 0 Å². The Labute approximate surface area is 132 Å². The van der Waals surface area contributed by atoms with Crippen molar-refractivity contribution in [1.82, 2.24) is 0 Å². The van der Waals surface area contributed by atoms with Crippen LogP contribution in [0.4, 0.5) is 11.4 Å². The maximum Gasteiger partial charge on any atom is 0.283 e. The molecule has 0 atom stereocenters. The number of hydrogen-bond acceptors (Lipinski definition) is 3. The second kappa shape index (κ2) is 5.77. The highest BCUT2D eigenvalue weighted by molar-refractivity contribution is 6.31. The Balaban J connectivity index is 1.87. The first kappa shape index (κ1) is 14.5. The molecule has 2 aromatic rings. The molecule has 0 saturated heterocycles. The summed E-state index contributed by atoms with van der Waals surface area (Å²) in [5.74, 6) is -0.513. The van der Waals surface area contributed by atoms with E-state index in [0.29, 0.717) is 5.69 Å². The molecule has 0 bridgehead atoms. The molecule has 5 nitrogen and oxygen atoms in total. The van der Waals surface area contributed by atoms with Gasteiger partial charge in [0.1, 0.15) is 5.56 Å². The zero-order valence-corrected chi connectivity index (χ0v) is 12.4. The van der Waals surface area contributed by atoms with Gasteiger partial charge < -0.3 is 5.32 Å². The smallest absolute Gasteiger partial charge is 0.283 e. The van der Waals surface area contributed by atoms with Crippen molar-refractivity contribution in [2.75, 3.05) is 5.32 Å². The molecule has 0 heterocycles. The maximum absolute atomic E-state index is 12.3. The highest BCUT2D eigenvalue weighted by Gasteiger charge is 2.21. The van der Waals surface area contributed by atoms with Crippen LogP contribution < -0.4 is 5.32 Å². The Morgan fingerprint density at radius 3 is 2.68 bits per heavy atom. The molecule has 1 aliphatic rings. The van der Waals surface area contributed by atoms with Crippen LogP contribution in [0.2, 0.25) is 5.02 Å². The molecular formula is C16H13ClN2O3. The van der Waals surface area contributed by atoms with Crippen LogP contribution in [-0.2, 0) is 12.8 Å². The molecule has 1 N–H and O–H groups in total. The summed E-state index contributed by atoms with van der Waals surface area (Å²) >= 11 is 5.75. The number of hydrogen-bond donors (Lipinski definition) is 1. The third-order valence-electron chi connectivity index (χ3n) is 3.76. The van der Waals surface area contributed by atoms with E-state index < -0.39 is 10.8 Å². The molecule has 2 aromatic carbocycles. The predicted octanol–water partition coefficient (Wildman–Crippen LogP) is 3.99. The number of nitro groups is 1. The Hall–Kier alpha value is -2.40. The lowest BCUT2D eigenvalue weighted by Gasteiger charge is -2.08. The highest BCUT2D eigenvalue weighted by atomic mass is 35.5. The van der Waals surface area contributed by atoms with Crippen LogP contribution in [0.5, 0.6) is 0 Å². The summed E-state index contributed by atoms with van der Waals surface area (Å²) in [5, 5.41) is 14.0.